The standard InChI is InChI=1S/C14H21ClN4O2/c1-6-9-11-13(18(4)17-9)19(10(7-15)16-11)12(8(2)3)14(20)21-5/h8,12H,6-7H2,1-5H3. The minimum atomic E-state index is -0.464. The Morgan fingerprint density at radius 3 is 2.57 bits per heavy atom. The van der Waals surface area contributed by atoms with Crippen LogP contribution in [0.25, 0.3) is 11.2 Å². The first-order valence-corrected chi connectivity index (χ1v) is 7.56. The summed E-state index contributed by atoms with van der Waals surface area (Å²) in [5.41, 5.74) is 2.53. The van der Waals surface area contributed by atoms with Gasteiger partial charge in [-0.15, -0.1) is 11.6 Å². The molecule has 116 valence electrons. The number of fused-ring (bicyclic) bond motifs is 1. The number of rotatable bonds is 5. The van der Waals surface area contributed by atoms with Gasteiger partial charge in [-0.25, -0.2) is 9.78 Å². The summed E-state index contributed by atoms with van der Waals surface area (Å²) in [7, 11) is 3.25. The Kier molecular flexibility index (Phi) is 4.56. The van der Waals surface area contributed by atoms with Crippen molar-refractivity contribution >= 4 is 28.7 Å². The number of alkyl halides is 1. The van der Waals surface area contributed by atoms with Gasteiger partial charge in [-0.05, 0) is 12.3 Å². The van der Waals surface area contributed by atoms with Crippen molar-refractivity contribution in [2.75, 3.05) is 7.11 Å². The van der Waals surface area contributed by atoms with Crippen LogP contribution in [0.1, 0.15) is 38.3 Å². The SMILES string of the molecule is CCc1nn(C)c2c1nc(CCl)n2C(C(=O)OC)C(C)C. The molecule has 0 aliphatic rings. The third-order valence-corrected chi connectivity index (χ3v) is 3.86. The van der Waals surface area contributed by atoms with Crippen LogP contribution >= 0.6 is 11.6 Å². The topological polar surface area (TPSA) is 61.9 Å². The number of halogens is 1. The summed E-state index contributed by atoms with van der Waals surface area (Å²) < 4.78 is 8.58. The van der Waals surface area contributed by atoms with Crippen LogP contribution < -0.4 is 0 Å². The van der Waals surface area contributed by atoms with Crippen LogP contribution in [0.5, 0.6) is 0 Å². The van der Waals surface area contributed by atoms with Gasteiger partial charge < -0.3 is 4.74 Å². The molecule has 2 aromatic rings. The minimum Gasteiger partial charge on any atom is -0.467 e. The number of hydrogen-bond acceptors (Lipinski definition) is 4. The lowest BCUT2D eigenvalue weighted by Gasteiger charge is -2.22. The van der Waals surface area contributed by atoms with Gasteiger partial charge in [-0.1, -0.05) is 20.8 Å². The average molecular weight is 313 g/mol. The van der Waals surface area contributed by atoms with Crippen LogP contribution in [0.4, 0.5) is 0 Å². The fraction of sp³-hybridized carbons (Fsp3) is 0.643. The van der Waals surface area contributed by atoms with Gasteiger partial charge in [0.2, 0.25) is 0 Å². The Morgan fingerprint density at radius 1 is 1.43 bits per heavy atom. The van der Waals surface area contributed by atoms with Crippen LogP contribution in [-0.4, -0.2) is 32.4 Å². The lowest BCUT2D eigenvalue weighted by Crippen LogP contribution is -2.27. The summed E-state index contributed by atoms with van der Waals surface area (Å²) in [5, 5.41) is 4.47. The number of carbonyl (C=O) groups is 1. The highest BCUT2D eigenvalue weighted by atomic mass is 35.5. The van der Waals surface area contributed by atoms with Gasteiger partial charge in [-0.2, -0.15) is 5.10 Å². The molecular formula is C14H21ClN4O2. The van der Waals surface area contributed by atoms with Crippen molar-refractivity contribution in [2.24, 2.45) is 13.0 Å². The summed E-state index contributed by atoms with van der Waals surface area (Å²) in [4.78, 5) is 16.8. The molecule has 2 heterocycles. The fourth-order valence-corrected chi connectivity index (χ4v) is 2.86. The Labute approximate surface area is 129 Å². The van der Waals surface area contributed by atoms with Gasteiger partial charge in [0, 0.05) is 7.05 Å². The van der Waals surface area contributed by atoms with Gasteiger partial charge >= 0.3 is 5.97 Å². The van der Waals surface area contributed by atoms with E-state index < -0.39 is 6.04 Å². The maximum absolute atomic E-state index is 12.2. The molecule has 21 heavy (non-hydrogen) atoms. The summed E-state index contributed by atoms with van der Waals surface area (Å²) in [6.45, 7) is 5.98. The minimum absolute atomic E-state index is 0.0526. The van der Waals surface area contributed by atoms with Crippen LogP contribution in [0.2, 0.25) is 0 Å². The van der Waals surface area contributed by atoms with Crippen LogP contribution in [0.3, 0.4) is 0 Å². The second-order valence-corrected chi connectivity index (χ2v) is 5.61. The molecule has 6 nitrogen and oxygen atoms in total. The van der Waals surface area contributed by atoms with Gasteiger partial charge in [0.25, 0.3) is 0 Å². The van der Waals surface area contributed by atoms with Gasteiger partial charge in [-0.3, -0.25) is 9.25 Å². The van der Waals surface area contributed by atoms with Gasteiger partial charge in [0.15, 0.2) is 5.65 Å². The van der Waals surface area contributed by atoms with Crippen molar-refractivity contribution in [3.63, 3.8) is 0 Å². The summed E-state index contributed by atoms with van der Waals surface area (Å²) >= 11 is 6.04. The molecule has 0 aromatic carbocycles. The van der Waals surface area contributed by atoms with E-state index >= 15 is 0 Å². The van der Waals surface area contributed by atoms with Crippen molar-refractivity contribution in [1.82, 2.24) is 19.3 Å². The smallest absolute Gasteiger partial charge is 0.329 e. The molecule has 0 saturated carbocycles. The number of methoxy groups -OCH3 is 1. The van der Waals surface area contributed by atoms with E-state index in [1.165, 1.54) is 7.11 Å². The Morgan fingerprint density at radius 2 is 2.10 bits per heavy atom. The quantitative estimate of drug-likeness (QED) is 0.628. The van der Waals surface area contributed by atoms with Crippen molar-refractivity contribution in [3.05, 3.63) is 11.5 Å². The Balaban J connectivity index is 2.76. The highest BCUT2D eigenvalue weighted by Crippen LogP contribution is 2.29. The first kappa shape index (κ1) is 15.8. The van der Waals surface area contributed by atoms with Crippen molar-refractivity contribution < 1.29 is 9.53 Å². The number of carbonyl (C=O) groups excluding carboxylic acids is 1. The number of imidazole rings is 1. The first-order chi connectivity index (χ1) is 9.96. The van der Waals surface area contributed by atoms with E-state index in [1.807, 2.05) is 32.4 Å². The lowest BCUT2D eigenvalue weighted by molar-refractivity contribution is -0.146. The second-order valence-electron chi connectivity index (χ2n) is 5.34. The zero-order valence-corrected chi connectivity index (χ0v) is 13.8. The number of aromatic nitrogens is 4. The maximum atomic E-state index is 12.2. The van der Waals surface area contributed by atoms with Crippen LogP contribution in [0.15, 0.2) is 0 Å². The zero-order chi connectivity index (χ0) is 15.7. The Hall–Kier alpha value is -1.56. The lowest BCUT2D eigenvalue weighted by atomic mass is 10.0. The number of nitrogens with zero attached hydrogens (tertiary/aromatic N) is 4. The highest BCUT2D eigenvalue weighted by molar-refractivity contribution is 6.16. The van der Waals surface area contributed by atoms with E-state index in [2.05, 4.69) is 10.1 Å². The van der Waals surface area contributed by atoms with Crippen LogP contribution in [-0.2, 0) is 28.9 Å². The van der Waals surface area contributed by atoms with Crippen LogP contribution in [0, 0.1) is 5.92 Å². The molecule has 0 bridgehead atoms. The molecule has 2 rings (SSSR count). The highest BCUT2D eigenvalue weighted by Gasteiger charge is 2.31. The predicted octanol–water partition coefficient (Wildman–Crippen LogP) is 2.44. The monoisotopic (exact) mass is 312 g/mol. The number of hydrogen-bond donors (Lipinski definition) is 0. The third-order valence-electron chi connectivity index (χ3n) is 3.62. The second kappa shape index (κ2) is 6.05. The predicted molar refractivity (Wildman–Crippen MR) is 81.3 cm³/mol. The van der Waals surface area contributed by atoms with Gasteiger partial charge in [0.05, 0.1) is 18.7 Å². The zero-order valence-electron chi connectivity index (χ0n) is 13.1. The van der Waals surface area contributed by atoms with E-state index in [1.54, 1.807) is 4.68 Å². The molecule has 0 fully saturated rings. The number of aryl methyl sites for hydroxylation is 2. The molecule has 0 N–H and O–H groups in total. The van der Waals surface area contributed by atoms with Crippen molar-refractivity contribution in [3.8, 4) is 0 Å². The van der Waals surface area contributed by atoms with Crippen molar-refractivity contribution in [1.29, 1.82) is 0 Å². The first-order valence-electron chi connectivity index (χ1n) is 7.02. The van der Waals surface area contributed by atoms with E-state index in [0.29, 0.717) is 5.82 Å². The largest absolute Gasteiger partial charge is 0.467 e. The average Bonchev–Trinajstić information content (AvgIpc) is 2.97. The summed E-state index contributed by atoms with van der Waals surface area (Å²) in [6.07, 6.45) is 0.778. The molecule has 0 spiro atoms. The van der Waals surface area contributed by atoms with E-state index in [-0.39, 0.29) is 17.8 Å². The fourth-order valence-electron chi connectivity index (χ4n) is 2.67. The summed E-state index contributed by atoms with van der Waals surface area (Å²) in [6, 6.07) is -0.464. The molecule has 7 heteroatoms. The molecule has 0 saturated heterocycles. The molecule has 0 aliphatic carbocycles. The third kappa shape index (κ3) is 2.52. The molecule has 0 radical (unpaired) electrons. The van der Waals surface area contributed by atoms with Gasteiger partial charge in [0.1, 0.15) is 17.4 Å². The molecule has 1 atom stereocenters. The van der Waals surface area contributed by atoms with E-state index in [0.717, 1.165) is 23.3 Å². The number of esters is 1. The molecule has 1 unspecified atom stereocenters. The van der Waals surface area contributed by atoms with E-state index in [9.17, 15) is 4.79 Å². The molecular weight excluding hydrogens is 292 g/mol. The number of ether oxygens (including phenoxy) is 1. The van der Waals surface area contributed by atoms with E-state index in [4.69, 9.17) is 16.3 Å². The van der Waals surface area contributed by atoms with Crippen molar-refractivity contribution in [2.45, 2.75) is 39.1 Å². The molecule has 0 aliphatic heterocycles. The summed E-state index contributed by atoms with van der Waals surface area (Å²) in [5.74, 6) is 0.656. The normalized spacial score (nSPS) is 13.1. The Bertz CT molecular complexity index is 660. The molecule has 0 amide bonds. The maximum Gasteiger partial charge on any atom is 0.329 e. The molecule has 2 aromatic heterocycles.